The fraction of sp³-hybridized carbons (Fsp3) is 0.238. The van der Waals surface area contributed by atoms with Crippen LogP contribution in [0.4, 0.5) is 0 Å². The predicted molar refractivity (Wildman–Crippen MR) is 104 cm³/mol. The zero-order chi connectivity index (χ0) is 18.1. The van der Waals surface area contributed by atoms with Gasteiger partial charge in [-0.3, -0.25) is 4.79 Å². The molecule has 0 bridgehead atoms. The lowest BCUT2D eigenvalue weighted by molar-refractivity contribution is -0.122. The zero-order valence-corrected chi connectivity index (χ0v) is 14.9. The zero-order valence-electron chi connectivity index (χ0n) is 14.9. The molecule has 2 aromatic carbocycles. The van der Waals surface area contributed by atoms with Crippen LogP contribution in [0.2, 0.25) is 0 Å². The first kappa shape index (κ1) is 16.4. The molecule has 0 aliphatic heterocycles. The van der Waals surface area contributed by atoms with Crippen LogP contribution in [0, 0.1) is 5.92 Å². The molecule has 26 heavy (non-hydrogen) atoms. The standard InChI is InChI=1S/C21H22N4O/c1-14(2)20(21-22-16-8-4-5-9-17(16)23-21)24-19(26)13-25-12-11-15-7-3-6-10-18(15)25/h3-12,14,20H,13H2,1-2H3,(H,22,23)(H,24,26). The van der Waals surface area contributed by atoms with Gasteiger partial charge in [0.15, 0.2) is 0 Å². The van der Waals surface area contributed by atoms with Crippen LogP contribution in [-0.2, 0) is 11.3 Å². The van der Waals surface area contributed by atoms with Crippen LogP contribution < -0.4 is 5.32 Å². The van der Waals surface area contributed by atoms with Gasteiger partial charge >= 0.3 is 0 Å². The second-order valence-electron chi connectivity index (χ2n) is 6.93. The van der Waals surface area contributed by atoms with Gasteiger partial charge in [-0.15, -0.1) is 0 Å². The van der Waals surface area contributed by atoms with Gasteiger partial charge in [-0.2, -0.15) is 0 Å². The van der Waals surface area contributed by atoms with E-state index in [0.717, 1.165) is 27.8 Å². The molecule has 0 fully saturated rings. The molecule has 4 rings (SSSR count). The molecule has 2 N–H and O–H groups in total. The number of hydrogen-bond donors (Lipinski definition) is 2. The van der Waals surface area contributed by atoms with Gasteiger partial charge in [0.25, 0.3) is 0 Å². The largest absolute Gasteiger partial charge is 0.344 e. The van der Waals surface area contributed by atoms with Crippen LogP contribution in [-0.4, -0.2) is 20.4 Å². The van der Waals surface area contributed by atoms with E-state index in [1.54, 1.807) is 0 Å². The van der Waals surface area contributed by atoms with Crippen LogP contribution in [0.15, 0.2) is 60.8 Å². The number of carbonyl (C=O) groups is 1. The number of para-hydroxylation sites is 3. The summed E-state index contributed by atoms with van der Waals surface area (Å²) in [5, 5.41) is 4.28. The third kappa shape index (κ3) is 3.08. The summed E-state index contributed by atoms with van der Waals surface area (Å²) in [7, 11) is 0. The van der Waals surface area contributed by atoms with E-state index in [1.807, 2.05) is 59.3 Å². The minimum Gasteiger partial charge on any atom is -0.344 e. The van der Waals surface area contributed by atoms with Gasteiger partial charge in [-0.05, 0) is 35.6 Å². The summed E-state index contributed by atoms with van der Waals surface area (Å²) in [6, 6.07) is 17.9. The Balaban J connectivity index is 1.55. The monoisotopic (exact) mass is 346 g/mol. The lowest BCUT2D eigenvalue weighted by Crippen LogP contribution is -2.34. The van der Waals surface area contributed by atoms with Crippen LogP contribution >= 0.6 is 0 Å². The summed E-state index contributed by atoms with van der Waals surface area (Å²) < 4.78 is 1.97. The molecule has 4 aromatic rings. The number of aromatic nitrogens is 3. The summed E-state index contributed by atoms with van der Waals surface area (Å²) in [5.74, 6) is 0.998. The Kier molecular flexibility index (Phi) is 4.21. The topological polar surface area (TPSA) is 62.7 Å². The fourth-order valence-electron chi connectivity index (χ4n) is 3.32. The molecule has 0 saturated heterocycles. The Labute approximate surface area is 152 Å². The predicted octanol–water partition coefficient (Wildman–Crippen LogP) is 4.03. The van der Waals surface area contributed by atoms with Gasteiger partial charge < -0.3 is 14.9 Å². The Hall–Kier alpha value is -3.08. The summed E-state index contributed by atoms with van der Waals surface area (Å²) in [6.07, 6.45) is 1.95. The molecule has 5 nitrogen and oxygen atoms in total. The number of fused-ring (bicyclic) bond motifs is 2. The van der Waals surface area contributed by atoms with Crippen LogP contribution in [0.25, 0.3) is 21.9 Å². The number of hydrogen-bond acceptors (Lipinski definition) is 2. The van der Waals surface area contributed by atoms with Gasteiger partial charge in [0.2, 0.25) is 5.91 Å². The minimum absolute atomic E-state index is 0.0227. The van der Waals surface area contributed by atoms with Crippen molar-refractivity contribution in [1.29, 1.82) is 0 Å². The molecule has 1 unspecified atom stereocenters. The molecule has 0 spiro atoms. The highest BCUT2D eigenvalue weighted by atomic mass is 16.2. The molecule has 0 aliphatic rings. The minimum atomic E-state index is -0.156. The van der Waals surface area contributed by atoms with Crippen molar-refractivity contribution in [3.8, 4) is 0 Å². The number of benzene rings is 2. The Morgan fingerprint density at radius 1 is 1.12 bits per heavy atom. The van der Waals surface area contributed by atoms with Crippen LogP contribution in [0.3, 0.4) is 0 Å². The molecular formula is C21H22N4O. The van der Waals surface area contributed by atoms with E-state index in [1.165, 1.54) is 0 Å². The van der Waals surface area contributed by atoms with Crippen molar-refractivity contribution in [1.82, 2.24) is 19.9 Å². The molecule has 5 heteroatoms. The van der Waals surface area contributed by atoms with Crippen LogP contribution in [0.5, 0.6) is 0 Å². The van der Waals surface area contributed by atoms with Gasteiger partial charge in [0.05, 0.1) is 17.1 Å². The maximum Gasteiger partial charge on any atom is 0.240 e. The number of nitrogens with one attached hydrogen (secondary N) is 2. The highest BCUT2D eigenvalue weighted by Gasteiger charge is 2.22. The Morgan fingerprint density at radius 2 is 1.88 bits per heavy atom. The number of H-pyrrole nitrogens is 1. The molecule has 2 heterocycles. The summed E-state index contributed by atoms with van der Waals surface area (Å²) in [6.45, 7) is 4.46. The van der Waals surface area contributed by atoms with Gasteiger partial charge in [-0.25, -0.2) is 4.98 Å². The van der Waals surface area contributed by atoms with E-state index in [-0.39, 0.29) is 24.4 Å². The van der Waals surface area contributed by atoms with E-state index < -0.39 is 0 Å². The highest BCUT2D eigenvalue weighted by molar-refractivity contribution is 5.83. The Morgan fingerprint density at radius 3 is 2.69 bits per heavy atom. The van der Waals surface area contributed by atoms with E-state index in [0.29, 0.717) is 0 Å². The molecule has 1 amide bonds. The molecule has 132 valence electrons. The molecule has 0 saturated carbocycles. The molecule has 1 atom stereocenters. The quantitative estimate of drug-likeness (QED) is 0.573. The Bertz CT molecular complexity index is 1030. The molecule has 2 aromatic heterocycles. The number of carbonyl (C=O) groups excluding carboxylic acids is 1. The van der Waals surface area contributed by atoms with Crippen LogP contribution in [0.1, 0.15) is 25.7 Å². The van der Waals surface area contributed by atoms with Crippen molar-refractivity contribution in [2.45, 2.75) is 26.4 Å². The highest BCUT2D eigenvalue weighted by Crippen LogP contribution is 2.22. The van der Waals surface area contributed by atoms with E-state index in [9.17, 15) is 4.79 Å². The van der Waals surface area contributed by atoms with Crippen molar-refractivity contribution >= 4 is 27.8 Å². The lowest BCUT2D eigenvalue weighted by Gasteiger charge is -2.20. The fourth-order valence-corrected chi connectivity index (χ4v) is 3.32. The van der Waals surface area contributed by atoms with E-state index in [4.69, 9.17) is 0 Å². The van der Waals surface area contributed by atoms with Gasteiger partial charge in [-0.1, -0.05) is 44.2 Å². The second kappa shape index (κ2) is 6.67. The SMILES string of the molecule is CC(C)C(NC(=O)Cn1ccc2ccccc21)c1nc2ccccc2[nH]1. The van der Waals surface area contributed by atoms with Gasteiger partial charge in [0, 0.05) is 11.7 Å². The van der Waals surface area contributed by atoms with Crippen molar-refractivity contribution in [2.75, 3.05) is 0 Å². The number of aromatic amines is 1. The first-order chi connectivity index (χ1) is 12.6. The molecular weight excluding hydrogens is 324 g/mol. The third-order valence-corrected chi connectivity index (χ3v) is 4.68. The van der Waals surface area contributed by atoms with Crippen molar-refractivity contribution in [2.24, 2.45) is 5.92 Å². The maximum absolute atomic E-state index is 12.7. The third-order valence-electron chi connectivity index (χ3n) is 4.68. The van der Waals surface area contributed by atoms with Crippen molar-refractivity contribution in [3.05, 3.63) is 66.6 Å². The smallest absolute Gasteiger partial charge is 0.240 e. The summed E-state index contributed by atoms with van der Waals surface area (Å²) >= 11 is 0. The summed E-state index contributed by atoms with van der Waals surface area (Å²) in [4.78, 5) is 20.7. The molecule has 0 radical (unpaired) electrons. The summed E-state index contributed by atoms with van der Waals surface area (Å²) in [5.41, 5.74) is 2.96. The van der Waals surface area contributed by atoms with Gasteiger partial charge in [0.1, 0.15) is 12.4 Å². The van der Waals surface area contributed by atoms with E-state index >= 15 is 0 Å². The van der Waals surface area contributed by atoms with Crippen molar-refractivity contribution in [3.63, 3.8) is 0 Å². The number of nitrogens with zero attached hydrogens (tertiary/aromatic N) is 2. The second-order valence-corrected chi connectivity index (χ2v) is 6.93. The average molecular weight is 346 g/mol. The normalized spacial score (nSPS) is 12.7. The first-order valence-electron chi connectivity index (χ1n) is 8.90. The number of amides is 1. The first-order valence-corrected chi connectivity index (χ1v) is 8.90. The molecule has 0 aliphatic carbocycles. The lowest BCUT2D eigenvalue weighted by atomic mass is 10.0. The number of imidazole rings is 1. The van der Waals surface area contributed by atoms with E-state index in [2.05, 4.69) is 35.2 Å². The number of rotatable bonds is 5. The average Bonchev–Trinajstić information content (AvgIpc) is 3.23. The maximum atomic E-state index is 12.7. The van der Waals surface area contributed by atoms with Crippen molar-refractivity contribution < 1.29 is 4.79 Å².